The van der Waals surface area contributed by atoms with Crippen molar-refractivity contribution in [3.05, 3.63) is 64.5 Å². The van der Waals surface area contributed by atoms with Gasteiger partial charge in [-0.1, -0.05) is 5.16 Å². The van der Waals surface area contributed by atoms with Crippen molar-refractivity contribution < 1.29 is 5.21 Å². The Morgan fingerprint density at radius 3 is 2.86 bits per heavy atom. The average Bonchev–Trinajstić information content (AvgIpc) is 2.91. The number of nitrogens with zero attached hydrogens (tertiary/aromatic N) is 3. The number of nitrogens with two attached hydrogens (primary N) is 1. The van der Waals surface area contributed by atoms with E-state index in [1.54, 1.807) is 6.20 Å². The van der Waals surface area contributed by atoms with E-state index >= 15 is 0 Å². The summed E-state index contributed by atoms with van der Waals surface area (Å²) in [6.45, 7) is 0.694. The molecule has 3 N–H and O–H groups in total. The quantitative estimate of drug-likeness (QED) is 0.332. The molecule has 0 bridgehead atoms. The van der Waals surface area contributed by atoms with Gasteiger partial charge < -0.3 is 15.5 Å². The van der Waals surface area contributed by atoms with Gasteiger partial charge in [-0.05, 0) is 52.3 Å². The number of benzene rings is 1. The first-order chi connectivity index (χ1) is 10.2. The highest BCUT2D eigenvalue weighted by molar-refractivity contribution is 9.10. The number of oxime groups is 1. The van der Waals surface area contributed by atoms with Crippen LogP contribution in [-0.4, -0.2) is 20.6 Å². The first kappa shape index (κ1) is 13.6. The summed E-state index contributed by atoms with van der Waals surface area (Å²) in [5.41, 5.74) is 8.37. The SMILES string of the molecule is N/C(=N/O)c1ccc2c(ccn2Cc2ccc(Br)cn2)c1. The zero-order chi connectivity index (χ0) is 14.8. The van der Waals surface area contributed by atoms with Gasteiger partial charge in [-0.2, -0.15) is 0 Å². The lowest BCUT2D eigenvalue weighted by Crippen LogP contribution is -2.12. The van der Waals surface area contributed by atoms with Crippen molar-refractivity contribution in [2.75, 3.05) is 0 Å². The van der Waals surface area contributed by atoms with Crippen LogP contribution in [0.4, 0.5) is 0 Å². The minimum Gasteiger partial charge on any atom is -0.409 e. The summed E-state index contributed by atoms with van der Waals surface area (Å²) in [5.74, 6) is 0.110. The molecule has 0 saturated heterocycles. The second-order valence-corrected chi connectivity index (χ2v) is 5.59. The van der Waals surface area contributed by atoms with E-state index in [2.05, 4.69) is 30.6 Å². The Bertz CT molecular complexity index is 808. The van der Waals surface area contributed by atoms with Gasteiger partial charge in [-0.25, -0.2) is 0 Å². The van der Waals surface area contributed by atoms with E-state index in [1.807, 2.05) is 42.6 Å². The van der Waals surface area contributed by atoms with Crippen molar-refractivity contribution in [2.45, 2.75) is 6.54 Å². The molecule has 0 atom stereocenters. The van der Waals surface area contributed by atoms with E-state index in [1.165, 1.54) is 0 Å². The lowest BCUT2D eigenvalue weighted by atomic mass is 10.1. The predicted molar refractivity (Wildman–Crippen MR) is 85.5 cm³/mol. The molecule has 0 fully saturated rings. The highest BCUT2D eigenvalue weighted by atomic mass is 79.9. The Hall–Kier alpha value is -2.34. The molecule has 3 aromatic rings. The van der Waals surface area contributed by atoms with Gasteiger partial charge in [0.2, 0.25) is 0 Å². The van der Waals surface area contributed by atoms with Crippen LogP contribution in [0.2, 0.25) is 0 Å². The maximum atomic E-state index is 8.73. The zero-order valence-corrected chi connectivity index (χ0v) is 12.7. The van der Waals surface area contributed by atoms with Crippen LogP contribution in [0.5, 0.6) is 0 Å². The molecule has 0 saturated carbocycles. The topological polar surface area (TPSA) is 76.4 Å². The van der Waals surface area contributed by atoms with E-state index in [9.17, 15) is 0 Å². The smallest absolute Gasteiger partial charge is 0.170 e. The molecule has 5 nitrogen and oxygen atoms in total. The van der Waals surface area contributed by atoms with Crippen molar-refractivity contribution in [1.82, 2.24) is 9.55 Å². The molecule has 2 aromatic heterocycles. The summed E-state index contributed by atoms with van der Waals surface area (Å²) in [5, 5.41) is 12.8. The minimum absolute atomic E-state index is 0.110. The number of amidine groups is 1. The van der Waals surface area contributed by atoms with Gasteiger partial charge >= 0.3 is 0 Å². The normalized spacial score (nSPS) is 12.0. The van der Waals surface area contributed by atoms with Crippen LogP contribution in [0.15, 0.2) is 58.4 Å². The van der Waals surface area contributed by atoms with Gasteiger partial charge in [-0.3, -0.25) is 4.98 Å². The molecule has 106 valence electrons. The van der Waals surface area contributed by atoms with Crippen molar-refractivity contribution in [2.24, 2.45) is 10.9 Å². The van der Waals surface area contributed by atoms with E-state index in [0.29, 0.717) is 12.1 Å². The van der Waals surface area contributed by atoms with Crippen LogP contribution in [0.1, 0.15) is 11.3 Å². The van der Waals surface area contributed by atoms with E-state index < -0.39 is 0 Å². The third-order valence-electron chi connectivity index (χ3n) is 3.30. The summed E-state index contributed by atoms with van der Waals surface area (Å²) in [6.07, 6.45) is 3.79. The van der Waals surface area contributed by atoms with Crippen LogP contribution in [0, 0.1) is 0 Å². The number of hydrogen-bond acceptors (Lipinski definition) is 3. The molecular formula is C15H13BrN4O. The maximum absolute atomic E-state index is 8.73. The zero-order valence-electron chi connectivity index (χ0n) is 11.1. The maximum Gasteiger partial charge on any atom is 0.170 e. The van der Waals surface area contributed by atoms with Crippen molar-refractivity contribution in [3.8, 4) is 0 Å². The van der Waals surface area contributed by atoms with Crippen LogP contribution in [0.3, 0.4) is 0 Å². The molecule has 6 heteroatoms. The van der Waals surface area contributed by atoms with Gasteiger partial charge in [-0.15, -0.1) is 0 Å². The fourth-order valence-corrected chi connectivity index (χ4v) is 2.46. The molecule has 0 spiro atoms. The number of aromatic nitrogens is 2. The van der Waals surface area contributed by atoms with Gasteiger partial charge in [0, 0.05) is 33.3 Å². The van der Waals surface area contributed by atoms with Crippen molar-refractivity contribution in [3.63, 3.8) is 0 Å². The van der Waals surface area contributed by atoms with E-state index in [-0.39, 0.29) is 5.84 Å². The Morgan fingerprint density at radius 2 is 2.14 bits per heavy atom. The monoisotopic (exact) mass is 344 g/mol. The number of rotatable bonds is 3. The summed E-state index contributed by atoms with van der Waals surface area (Å²) in [4.78, 5) is 4.38. The molecule has 3 rings (SSSR count). The second kappa shape index (κ2) is 5.57. The number of hydrogen-bond donors (Lipinski definition) is 2. The average molecular weight is 345 g/mol. The summed E-state index contributed by atoms with van der Waals surface area (Å²) < 4.78 is 3.08. The van der Waals surface area contributed by atoms with Crippen LogP contribution >= 0.6 is 15.9 Å². The van der Waals surface area contributed by atoms with Crippen LogP contribution in [-0.2, 0) is 6.54 Å². The van der Waals surface area contributed by atoms with Crippen molar-refractivity contribution >= 4 is 32.7 Å². The van der Waals surface area contributed by atoms with Gasteiger partial charge in [0.25, 0.3) is 0 Å². The molecule has 0 amide bonds. The molecule has 2 heterocycles. The molecule has 0 radical (unpaired) electrons. The van der Waals surface area contributed by atoms with Gasteiger partial charge in [0.05, 0.1) is 12.2 Å². The molecular weight excluding hydrogens is 332 g/mol. The molecule has 0 aliphatic rings. The highest BCUT2D eigenvalue weighted by Crippen LogP contribution is 2.19. The van der Waals surface area contributed by atoms with Crippen molar-refractivity contribution in [1.29, 1.82) is 0 Å². The summed E-state index contributed by atoms with van der Waals surface area (Å²) in [6, 6.07) is 11.7. The summed E-state index contributed by atoms with van der Waals surface area (Å²) >= 11 is 3.38. The van der Waals surface area contributed by atoms with Crippen LogP contribution in [0.25, 0.3) is 10.9 Å². The van der Waals surface area contributed by atoms with Gasteiger partial charge in [0.15, 0.2) is 5.84 Å². The van der Waals surface area contributed by atoms with Crippen LogP contribution < -0.4 is 5.73 Å². The predicted octanol–water partition coefficient (Wildman–Crippen LogP) is 2.94. The number of pyridine rings is 1. The third-order valence-corrected chi connectivity index (χ3v) is 3.76. The Labute approximate surface area is 129 Å². The molecule has 1 aromatic carbocycles. The first-order valence-corrected chi connectivity index (χ1v) is 7.14. The number of fused-ring (bicyclic) bond motifs is 1. The highest BCUT2D eigenvalue weighted by Gasteiger charge is 2.06. The van der Waals surface area contributed by atoms with E-state index in [0.717, 1.165) is 21.1 Å². The number of halogens is 1. The third kappa shape index (κ3) is 2.75. The lowest BCUT2D eigenvalue weighted by molar-refractivity contribution is 0.318. The molecule has 0 aliphatic carbocycles. The largest absolute Gasteiger partial charge is 0.409 e. The minimum atomic E-state index is 0.110. The fourth-order valence-electron chi connectivity index (χ4n) is 2.23. The molecule has 0 unspecified atom stereocenters. The summed E-state index contributed by atoms with van der Waals surface area (Å²) in [7, 11) is 0. The standard InChI is InChI=1S/C15H13BrN4O/c16-12-2-3-13(18-8-12)9-20-6-5-10-7-11(15(17)19-21)1-4-14(10)20/h1-8,21H,9H2,(H2,17,19). The Balaban J connectivity index is 1.95. The molecule has 0 aliphatic heterocycles. The second-order valence-electron chi connectivity index (χ2n) is 4.67. The van der Waals surface area contributed by atoms with E-state index in [4.69, 9.17) is 10.9 Å². The Morgan fingerprint density at radius 1 is 1.29 bits per heavy atom. The lowest BCUT2D eigenvalue weighted by Gasteiger charge is -2.06. The Kier molecular flexibility index (Phi) is 3.62. The van der Waals surface area contributed by atoms with Gasteiger partial charge in [0.1, 0.15) is 0 Å². The molecule has 21 heavy (non-hydrogen) atoms. The fraction of sp³-hybridized carbons (Fsp3) is 0.0667. The first-order valence-electron chi connectivity index (χ1n) is 6.34.